The molecule has 1 aliphatic carbocycles. The molecular weight excluding hydrogens is 551 g/mol. The normalized spacial score (nSPS) is 21.5. The summed E-state index contributed by atoms with van der Waals surface area (Å²) in [6.07, 6.45) is 2.35. The summed E-state index contributed by atoms with van der Waals surface area (Å²) in [5.41, 5.74) is 1.87. The molecule has 42 heavy (non-hydrogen) atoms. The Bertz CT molecular complexity index is 1480. The second-order valence-corrected chi connectivity index (χ2v) is 10.8. The second-order valence-electron chi connectivity index (χ2n) is 10.8. The Morgan fingerprint density at radius 1 is 1.10 bits per heavy atom. The molecule has 2 aliphatic heterocycles. The maximum atomic E-state index is 13.1. The summed E-state index contributed by atoms with van der Waals surface area (Å²) in [4.78, 5) is 18.5. The molecule has 0 unspecified atom stereocenters. The number of piperidine rings is 1. The zero-order valence-electron chi connectivity index (χ0n) is 23.0. The minimum atomic E-state index is -4.83. The number of carbonyl (C=O) groups excluding carboxylic acids is 1. The molecule has 2 aromatic heterocycles. The zero-order chi connectivity index (χ0) is 29.3. The van der Waals surface area contributed by atoms with Gasteiger partial charge in [-0.1, -0.05) is 23.2 Å². The summed E-state index contributed by atoms with van der Waals surface area (Å²) in [6, 6.07) is 10.3. The van der Waals surface area contributed by atoms with E-state index >= 15 is 0 Å². The van der Waals surface area contributed by atoms with Crippen molar-refractivity contribution in [2.75, 3.05) is 11.5 Å². The molecule has 3 aromatic rings. The molecule has 1 aromatic carbocycles. The number of esters is 1. The number of carbonyl (C=O) groups is 1. The van der Waals surface area contributed by atoms with Crippen LogP contribution in [0.2, 0.25) is 0 Å². The predicted molar refractivity (Wildman–Crippen MR) is 145 cm³/mol. The summed E-state index contributed by atoms with van der Waals surface area (Å²) in [7, 11) is 0. The van der Waals surface area contributed by atoms with Crippen molar-refractivity contribution in [2.24, 2.45) is 0 Å². The molecular formula is C31H30F3N3O5. The van der Waals surface area contributed by atoms with Gasteiger partial charge in [0.2, 0.25) is 0 Å². The Hall–Kier alpha value is -4.04. The second kappa shape index (κ2) is 11.7. The van der Waals surface area contributed by atoms with Crippen LogP contribution in [0.4, 0.5) is 19.0 Å². The molecule has 2 saturated heterocycles. The SMILES string of the molecule is CCOC(=O)C#Cc1ccc(N2[C@@H]3CC[C@H]2C[C@@H](OCc2c(-c4ccccc4OC(F)(F)F)noc2C2CC2)C3)nc1. The molecule has 11 heteroatoms. The summed E-state index contributed by atoms with van der Waals surface area (Å²) < 4.78 is 60.5. The highest BCUT2D eigenvalue weighted by Crippen LogP contribution is 2.46. The first-order chi connectivity index (χ1) is 20.3. The van der Waals surface area contributed by atoms with E-state index in [0.717, 1.165) is 44.3 Å². The fraction of sp³-hybridized carbons (Fsp3) is 0.452. The van der Waals surface area contributed by atoms with Gasteiger partial charge in [-0.15, -0.1) is 13.2 Å². The molecule has 220 valence electrons. The number of rotatable bonds is 8. The summed E-state index contributed by atoms with van der Waals surface area (Å²) >= 11 is 0. The van der Waals surface area contributed by atoms with Crippen LogP contribution in [0.25, 0.3) is 11.3 Å². The third-order valence-corrected chi connectivity index (χ3v) is 7.88. The quantitative estimate of drug-likeness (QED) is 0.232. The third kappa shape index (κ3) is 6.23. The van der Waals surface area contributed by atoms with Crippen molar-refractivity contribution in [1.29, 1.82) is 0 Å². The first-order valence-electron chi connectivity index (χ1n) is 14.2. The van der Waals surface area contributed by atoms with Gasteiger partial charge >= 0.3 is 12.3 Å². The average Bonchev–Trinajstić information content (AvgIpc) is 3.66. The molecule has 0 amide bonds. The molecule has 4 heterocycles. The van der Waals surface area contributed by atoms with Crippen LogP contribution < -0.4 is 9.64 Å². The first-order valence-corrected chi connectivity index (χ1v) is 14.2. The summed E-state index contributed by atoms with van der Waals surface area (Å²) in [6.45, 7) is 2.20. The van der Waals surface area contributed by atoms with Gasteiger partial charge in [-0.25, -0.2) is 9.78 Å². The van der Waals surface area contributed by atoms with Crippen LogP contribution in [0.3, 0.4) is 0 Å². The van der Waals surface area contributed by atoms with E-state index in [4.69, 9.17) is 14.0 Å². The third-order valence-electron chi connectivity index (χ3n) is 7.88. The predicted octanol–water partition coefficient (Wildman–Crippen LogP) is 6.14. The minimum absolute atomic E-state index is 0.0232. The van der Waals surface area contributed by atoms with Crippen molar-refractivity contribution in [2.45, 2.75) is 82.5 Å². The number of alkyl halides is 3. The van der Waals surface area contributed by atoms with Crippen LogP contribution in [0, 0.1) is 11.8 Å². The van der Waals surface area contributed by atoms with E-state index in [1.165, 1.54) is 12.1 Å². The molecule has 3 fully saturated rings. The molecule has 1 saturated carbocycles. The Kier molecular flexibility index (Phi) is 7.82. The lowest BCUT2D eigenvalue weighted by molar-refractivity contribution is -0.274. The Morgan fingerprint density at radius 3 is 2.52 bits per heavy atom. The fourth-order valence-electron chi connectivity index (χ4n) is 5.96. The molecule has 0 radical (unpaired) electrons. The van der Waals surface area contributed by atoms with Gasteiger partial charge in [-0.2, -0.15) is 0 Å². The van der Waals surface area contributed by atoms with Crippen molar-refractivity contribution in [3.8, 4) is 28.8 Å². The zero-order valence-corrected chi connectivity index (χ0v) is 23.0. The van der Waals surface area contributed by atoms with E-state index < -0.39 is 12.3 Å². The average molecular weight is 582 g/mol. The lowest BCUT2D eigenvalue weighted by Crippen LogP contribution is -2.46. The van der Waals surface area contributed by atoms with Crippen molar-refractivity contribution >= 4 is 11.8 Å². The molecule has 3 atom stereocenters. The topological polar surface area (TPSA) is 86.9 Å². The Labute approximate surface area is 241 Å². The van der Waals surface area contributed by atoms with Gasteiger partial charge < -0.3 is 23.6 Å². The van der Waals surface area contributed by atoms with Gasteiger partial charge in [0, 0.05) is 46.8 Å². The van der Waals surface area contributed by atoms with Crippen LogP contribution in [0.15, 0.2) is 47.1 Å². The lowest BCUT2D eigenvalue weighted by Gasteiger charge is -2.39. The number of pyridine rings is 1. The van der Waals surface area contributed by atoms with E-state index in [-0.39, 0.29) is 48.6 Å². The highest BCUT2D eigenvalue weighted by Gasteiger charge is 2.42. The van der Waals surface area contributed by atoms with E-state index in [1.807, 2.05) is 12.1 Å². The molecule has 6 rings (SSSR count). The first kappa shape index (κ1) is 28.1. The highest BCUT2D eigenvalue weighted by atomic mass is 19.4. The van der Waals surface area contributed by atoms with Crippen LogP contribution in [-0.4, -0.2) is 47.3 Å². The smallest absolute Gasteiger partial charge is 0.456 e. The van der Waals surface area contributed by atoms with Gasteiger partial charge in [-0.3, -0.25) is 0 Å². The number of benzene rings is 1. The highest BCUT2D eigenvalue weighted by molar-refractivity contribution is 5.89. The number of para-hydroxylation sites is 1. The maximum absolute atomic E-state index is 13.1. The van der Waals surface area contributed by atoms with Gasteiger partial charge in [0.1, 0.15) is 23.0 Å². The van der Waals surface area contributed by atoms with Gasteiger partial charge in [0.25, 0.3) is 0 Å². The Morgan fingerprint density at radius 2 is 1.86 bits per heavy atom. The number of halogens is 3. The van der Waals surface area contributed by atoms with Crippen molar-refractivity contribution < 1.29 is 36.7 Å². The number of hydrogen-bond acceptors (Lipinski definition) is 8. The van der Waals surface area contributed by atoms with Crippen LogP contribution in [-0.2, 0) is 20.9 Å². The van der Waals surface area contributed by atoms with Gasteiger partial charge in [0.05, 0.1) is 19.3 Å². The van der Waals surface area contributed by atoms with Gasteiger partial charge in [0.15, 0.2) is 0 Å². The summed E-state index contributed by atoms with van der Waals surface area (Å²) in [5.74, 6) is 6.09. The number of nitrogens with zero attached hydrogens (tertiary/aromatic N) is 3. The number of anilines is 1. The van der Waals surface area contributed by atoms with Crippen LogP contribution in [0.1, 0.15) is 68.3 Å². The maximum Gasteiger partial charge on any atom is 0.573 e. The Balaban J connectivity index is 1.14. The largest absolute Gasteiger partial charge is 0.573 e. The molecule has 8 nitrogen and oxygen atoms in total. The summed E-state index contributed by atoms with van der Waals surface area (Å²) in [5, 5.41) is 4.18. The molecule has 2 bridgehead atoms. The molecule has 0 N–H and O–H groups in total. The van der Waals surface area contributed by atoms with Crippen molar-refractivity contribution in [1.82, 2.24) is 10.1 Å². The van der Waals surface area contributed by atoms with E-state index in [2.05, 4.69) is 31.6 Å². The molecule has 3 aliphatic rings. The van der Waals surface area contributed by atoms with E-state index in [9.17, 15) is 18.0 Å². The monoisotopic (exact) mass is 581 g/mol. The standard InChI is InChI=1S/C31H30F3N3O5/c1-2-39-28(38)14-8-19-7-13-27(35-17-19)37-21-11-12-22(37)16-23(15-21)40-18-25-29(36-42-30(25)20-9-10-20)24-5-3-4-6-26(24)41-31(32,33)34/h3-7,13,17,20-23H,2,9-12,15-16,18H2,1H3/t21-,22+,23+. The van der Waals surface area contributed by atoms with Crippen LogP contribution >= 0.6 is 0 Å². The molecule has 0 spiro atoms. The van der Waals surface area contributed by atoms with Crippen molar-refractivity contribution in [3.05, 3.63) is 59.5 Å². The number of fused-ring (bicyclic) bond motifs is 2. The van der Waals surface area contributed by atoms with Crippen molar-refractivity contribution in [3.63, 3.8) is 0 Å². The van der Waals surface area contributed by atoms with Crippen LogP contribution in [0.5, 0.6) is 5.75 Å². The fourth-order valence-corrected chi connectivity index (χ4v) is 5.96. The number of hydrogen-bond donors (Lipinski definition) is 0. The van der Waals surface area contributed by atoms with E-state index in [1.54, 1.807) is 25.3 Å². The van der Waals surface area contributed by atoms with E-state index in [0.29, 0.717) is 22.6 Å². The number of aromatic nitrogens is 2. The van der Waals surface area contributed by atoms with Gasteiger partial charge in [-0.05, 0) is 69.7 Å². The number of ether oxygens (including phenoxy) is 3. The lowest BCUT2D eigenvalue weighted by atomic mass is 9.99. The minimum Gasteiger partial charge on any atom is -0.456 e.